The Morgan fingerprint density at radius 1 is 1.11 bits per heavy atom. The molecule has 2 N–H and O–H groups in total. The summed E-state index contributed by atoms with van der Waals surface area (Å²) in [4.78, 5) is 23.3. The fraction of sp³-hybridized carbons (Fsp3) is 0.846. The molecule has 1 atom stereocenters. The molecule has 4 nitrogen and oxygen atoms in total. The molecule has 0 aromatic heterocycles. The van der Waals surface area contributed by atoms with Crippen LogP contribution in [0.4, 0.5) is 0 Å². The summed E-state index contributed by atoms with van der Waals surface area (Å²) in [5.74, 6) is 0.686. The third-order valence-electron chi connectivity index (χ3n) is 2.50. The van der Waals surface area contributed by atoms with E-state index >= 15 is 0 Å². The van der Waals surface area contributed by atoms with Crippen LogP contribution in [-0.2, 0) is 9.59 Å². The Labute approximate surface area is 118 Å². The summed E-state index contributed by atoms with van der Waals surface area (Å²) >= 11 is 3.09. The number of alkyl halides is 1. The standard InChI is InChI=1S/C13H25BrN2O2/c1-9(2)5-6-15-13(18)11(7-10(3)4)16-12(17)8-14/h9-11H,5-8H2,1-4H3,(H,15,18)(H,16,17)/t11-/m0/s1. The largest absolute Gasteiger partial charge is 0.354 e. The van der Waals surface area contributed by atoms with Gasteiger partial charge in [-0.1, -0.05) is 43.6 Å². The van der Waals surface area contributed by atoms with Gasteiger partial charge in [-0.25, -0.2) is 0 Å². The van der Waals surface area contributed by atoms with E-state index in [0.29, 0.717) is 24.8 Å². The van der Waals surface area contributed by atoms with Gasteiger partial charge in [0.2, 0.25) is 11.8 Å². The van der Waals surface area contributed by atoms with Gasteiger partial charge < -0.3 is 10.6 Å². The Hall–Kier alpha value is -0.580. The van der Waals surface area contributed by atoms with Gasteiger partial charge in [0.1, 0.15) is 6.04 Å². The molecule has 106 valence electrons. The second-order valence-corrected chi connectivity index (χ2v) is 5.92. The van der Waals surface area contributed by atoms with Gasteiger partial charge >= 0.3 is 0 Å². The number of nitrogens with one attached hydrogen (secondary N) is 2. The minimum Gasteiger partial charge on any atom is -0.354 e. The van der Waals surface area contributed by atoms with E-state index in [2.05, 4.69) is 40.4 Å². The normalized spacial score (nSPS) is 12.6. The van der Waals surface area contributed by atoms with Crippen LogP contribution in [0.3, 0.4) is 0 Å². The molecule has 0 aliphatic rings. The predicted octanol–water partition coefficient (Wildman–Crippen LogP) is 2.07. The number of hydrogen-bond donors (Lipinski definition) is 2. The summed E-state index contributed by atoms with van der Waals surface area (Å²) in [6.07, 6.45) is 1.61. The average Bonchev–Trinajstić information content (AvgIpc) is 2.26. The number of amides is 2. The van der Waals surface area contributed by atoms with E-state index in [1.807, 2.05) is 13.8 Å². The van der Waals surface area contributed by atoms with Crippen LogP contribution in [0.2, 0.25) is 0 Å². The van der Waals surface area contributed by atoms with Crippen molar-refractivity contribution in [2.75, 3.05) is 11.9 Å². The van der Waals surface area contributed by atoms with Crippen molar-refractivity contribution in [3.05, 3.63) is 0 Å². The van der Waals surface area contributed by atoms with Crippen LogP contribution in [0.25, 0.3) is 0 Å². The van der Waals surface area contributed by atoms with Crippen molar-refractivity contribution < 1.29 is 9.59 Å². The summed E-state index contributed by atoms with van der Waals surface area (Å²) in [7, 11) is 0. The molecule has 18 heavy (non-hydrogen) atoms. The first-order chi connectivity index (χ1) is 8.36. The van der Waals surface area contributed by atoms with Crippen molar-refractivity contribution >= 4 is 27.7 Å². The first-order valence-corrected chi connectivity index (χ1v) is 7.62. The highest BCUT2D eigenvalue weighted by Gasteiger charge is 2.21. The van der Waals surface area contributed by atoms with Gasteiger partial charge in [0.25, 0.3) is 0 Å². The molecule has 0 radical (unpaired) electrons. The van der Waals surface area contributed by atoms with Crippen molar-refractivity contribution in [2.24, 2.45) is 11.8 Å². The number of carbonyl (C=O) groups is 2. The molecule has 0 bridgehead atoms. The number of rotatable bonds is 8. The van der Waals surface area contributed by atoms with Gasteiger partial charge in [-0.15, -0.1) is 0 Å². The van der Waals surface area contributed by atoms with Gasteiger partial charge in [0.15, 0.2) is 0 Å². The lowest BCUT2D eigenvalue weighted by molar-refractivity contribution is -0.128. The molecule has 0 aliphatic carbocycles. The Morgan fingerprint density at radius 3 is 2.17 bits per heavy atom. The molecule has 0 heterocycles. The summed E-state index contributed by atoms with van der Waals surface area (Å²) < 4.78 is 0. The van der Waals surface area contributed by atoms with Crippen molar-refractivity contribution in [1.82, 2.24) is 10.6 Å². The van der Waals surface area contributed by atoms with E-state index in [4.69, 9.17) is 0 Å². The molecule has 0 rings (SSSR count). The monoisotopic (exact) mass is 320 g/mol. The molecular formula is C13H25BrN2O2. The first-order valence-electron chi connectivity index (χ1n) is 6.49. The molecule has 0 aromatic carbocycles. The van der Waals surface area contributed by atoms with E-state index in [9.17, 15) is 9.59 Å². The van der Waals surface area contributed by atoms with E-state index in [-0.39, 0.29) is 17.1 Å². The zero-order valence-corrected chi connectivity index (χ0v) is 13.3. The fourth-order valence-corrected chi connectivity index (χ4v) is 1.70. The number of halogens is 1. The highest BCUT2D eigenvalue weighted by atomic mass is 79.9. The maximum Gasteiger partial charge on any atom is 0.242 e. The van der Waals surface area contributed by atoms with Crippen LogP contribution >= 0.6 is 15.9 Å². The average molecular weight is 321 g/mol. The highest BCUT2D eigenvalue weighted by Crippen LogP contribution is 2.05. The van der Waals surface area contributed by atoms with Crippen LogP contribution in [0.5, 0.6) is 0 Å². The van der Waals surface area contributed by atoms with Crippen LogP contribution in [0.1, 0.15) is 40.5 Å². The zero-order chi connectivity index (χ0) is 14.1. The zero-order valence-electron chi connectivity index (χ0n) is 11.8. The minimum absolute atomic E-state index is 0.0846. The van der Waals surface area contributed by atoms with E-state index in [1.54, 1.807) is 0 Å². The molecule has 2 amide bonds. The minimum atomic E-state index is -0.429. The SMILES string of the molecule is CC(C)CCNC(=O)[C@H](CC(C)C)NC(=O)CBr. The topological polar surface area (TPSA) is 58.2 Å². The van der Waals surface area contributed by atoms with E-state index < -0.39 is 6.04 Å². The molecule has 0 fully saturated rings. The van der Waals surface area contributed by atoms with Crippen LogP contribution in [0.15, 0.2) is 0 Å². The van der Waals surface area contributed by atoms with Gasteiger partial charge in [-0.2, -0.15) is 0 Å². The van der Waals surface area contributed by atoms with Gasteiger partial charge in [0.05, 0.1) is 5.33 Å². The van der Waals surface area contributed by atoms with E-state index in [1.165, 1.54) is 0 Å². The fourth-order valence-electron chi connectivity index (χ4n) is 1.54. The molecular weight excluding hydrogens is 296 g/mol. The summed E-state index contributed by atoms with van der Waals surface area (Å²) in [6, 6.07) is -0.429. The van der Waals surface area contributed by atoms with Crippen molar-refractivity contribution in [3.63, 3.8) is 0 Å². The van der Waals surface area contributed by atoms with E-state index in [0.717, 1.165) is 6.42 Å². The van der Waals surface area contributed by atoms with Gasteiger partial charge in [-0.3, -0.25) is 9.59 Å². The van der Waals surface area contributed by atoms with Crippen molar-refractivity contribution in [1.29, 1.82) is 0 Å². The Balaban J connectivity index is 4.26. The van der Waals surface area contributed by atoms with Gasteiger partial charge in [-0.05, 0) is 24.7 Å². The Kier molecular flexibility index (Phi) is 9.06. The molecule has 0 saturated heterocycles. The van der Waals surface area contributed by atoms with Crippen molar-refractivity contribution in [2.45, 2.75) is 46.6 Å². The molecule has 0 aromatic rings. The van der Waals surface area contributed by atoms with Crippen LogP contribution in [-0.4, -0.2) is 29.7 Å². The predicted molar refractivity (Wildman–Crippen MR) is 77.6 cm³/mol. The maximum absolute atomic E-state index is 12.0. The molecule has 0 saturated carbocycles. The Bertz CT molecular complexity index is 268. The lowest BCUT2D eigenvalue weighted by Gasteiger charge is -2.20. The van der Waals surface area contributed by atoms with Crippen molar-refractivity contribution in [3.8, 4) is 0 Å². The second-order valence-electron chi connectivity index (χ2n) is 5.36. The highest BCUT2D eigenvalue weighted by molar-refractivity contribution is 9.09. The molecule has 0 aliphatic heterocycles. The lowest BCUT2D eigenvalue weighted by Crippen LogP contribution is -2.48. The molecule has 0 unspecified atom stereocenters. The Morgan fingerprint density at radius 2 is 1.72 bits per heavy atom. The first kappa shape index (κ1) is 17.4. The molecule has 5 heteroatoms. The lowest BCUT2D eigenvalue weighted by atomic mass is 10.0. The summed E-state index contributed by atoms with van der Waals surface area (Å²) in [5, 5.41) is 5.84. The third kappa shape index (κ3) is 8.50. The quantitative estimate of drug-likeness (QED) is 0.673. The molecule has 0 spiro atoms. The second kappa shape index (κ2) is 9.36. The number of hydrogen-bond acceptors (Lipinski definition) is 2. The third-order valence-corrected chi connectivity index (χ3v) is 3.01. The van der Waals surface area contributed by atoms with Crippen LogP contribution in [0, 0.1) is 11.8 Å². The van der Waals surface area contributed by atoms with Crippen LogP contribution < -0.4 is 10.6 Å². The smallest absolute Gasteiger partial charge is 0.242 e. The number of carbonyl (C=O) groups excluding carboxylic acids is 2. The summed E-state index contributed by atoms with van der Waals surface area (Å²) in [6.45, 7) is 8.97. The van der Waals surface area contributed by atoms with Gasteiger partial charge in [0, 0.05) is 6.54 Å². The maximum atomic E-state index is 12.0. The summed E-state index contributed by atoms with van der Waals surface area (Å²) in [5.41, 5.74) is 0.